The third-order valence-corrected chi connectivity index (χ3v) is 4.53. The van der Waals surface area contributed by atoms with E-state index in [1.807, 2.05) is 60.7 Å². The van der Waals surface area contributed by atoms with Crippen LogP contribution in [0.25, 0.3) is 22.3 Å². The first-order chi connectivity index (χ1) is 13.8. The van der Waals surface area contributed by atoms with Crippen LogP contribution >= 0.6 is 0 Å². The summed E-state index contributed by atoms with van der Waals surface area (Å²) in [6.07, 6.45) is 5.66. The molecule has 0 N–H and O–H groups in total. The number of terminal acetylenes is 1. The highest BCUT2D eigenvalue weighted by Gasteiger charge is 2.01. The van der Waals surface area contributed by atoms with Crippen LogP contribution in [0.5, 0.6) is 0 Å². The third kappa shape index (κ3) is 4.04. The Labute approximate surface area is 166 Å². The molecule has 4 rings (SSSR count). The lowest BCUT2D eigenvalue weighted by Gasteiger charge is -2.04. The van der Waals surface area contributed by atoms with Crippen molar-refractivity contribution in [3.63, 3.8) is 0 Å². The molecule has 0 bridgehead atoms. The SMILES string of the molecule is C#Cc1cc(C#Cc2cccc(-c3ccccc3)c2)cc(-c2ccccc2)c1. The molecule has 0 saturated heterocycles. The Morgan fingerprint density at radius 1 is 0.429 bits per heavy atom. The van der Waals surface area contributed by atoms with Crippen molar-refractivity contribution in [2.24, 2.45) is 0 Å². The van der Waals surface area contributed by atoms with Crippen molar-refractivity contribution in [3.05, 3.63) is 120 Å². The summed E-state index contributed by atoms with van der Waals surface area (Å²) in [5, 5.41) is 0. The summed E-state index contributed by atoms with van der Waals surface area (Å²) < 4.78 is 0. The zero-order valence-electron chi connectivity index (χ0n) is 15.4. The maximum Gasteiger partial charge on any atom is 0.0267 e. The molecule has 0 amide bonds. The number of benzene rings is 4. The minimum atomic E-state index is 0.837. The highest BCUT2D eigenvalue weighted by Crippen LogP contribution is 2.22. The molecule has 0 heteroatoms. The molecule has 0 aliphatic carbocycles. The molecule has 0 unspecified atom stereocenters. The van der Waals surface area contributed by atoms with Gasteiger partial charge >= 0.3 is 0 Å². The van der Waals surface area contributed by atoms with Crippen LogP contribution in [0.1, 0.15) is 16.7 Å². The molecule has 0 fully saturated rings. The first-order valence-corrected chi connectivity index (χ1v) is 9.16. The smallest absolute Gasteiger partial charge is 0.0267 e. The van der Waals surface area contributed by atoms with E-state index >= 15 is 0 Å². The standard InChI is InChI=1S/C28H18/c1-2-22-18-24(21-28(19-22)26-13-7-4-8-14-26)17-16-23-10-9-15-27(20-23)25-11-5-3-6-12-25/h1,3-15,18-21H. The van der Waals surface area contributed by atoms with E-state index < -0.39 is 0 Å². The molecule has 28 heavy (non-hydrogen) atoms. The Hall–Kier alpha value is -4.00. The summed E-state index contributed by atoms with van der Waals surface area (Å²) in [4.78, 5) is 0. The zero-order valence-corrected chi connectivity index (χ0v) is 15.4. The van der Waals surface area contributed by atoms with Gasteiger partial charge in [0.15, 0.2) is 0 Å². The predicted molar refractivity (Wildman–Crippen MR) is 118 cm³/mol. The quantitative estimate of drug-likeness (QED) is 0.365. The van der Waals surface area contributed by atoms with Crippen molar-refractivity contribution in [1.29, 1.82) is 0 Å². The second-order valence-electron chi connectivity index (χ2n) is 6.51. The average Bonchev–Trinajstić information content (AvgIpc) is 2.79. The second kappa shape index (κ2) is 8.13. The van der Waals surface area contributed by atoms with Crippen molar-refractivity contribution in [2.45, 2.75) is 0 Å². The van der Waals surface area contributed by atoms with E-state index in [0.29, 0.717) is 0 Å². The fourth-order valence-corrected chi connectivity index (χ4v) is 3.13. The molecule has 0 aliphatic rings. The van der Waals surface area contributed by atoms with E-state index in [0.717, 1.165) is 33.4 Å². The molecule has 0 saturated carbocycles. The van der Waals surface area contributed by atoms with Gasteiger partial charge in [-0.15, -0.1) is 6.42 Å². The first-order valence-electron chi connectivity index (χ1n) is 9.16. The summed E-state index contributed by atoms with van der Waals surface area (Å²) in [6, 6.07) is 34.9. The molecule has 0 heterocycles. The number of hydrogen-bond acceptors (Lipinski definition) is 0. The van der Waals surface area contributed by atoms with Gasteiger partial charge in [0.1, 0.15) is 0 Å². The Kier molecular flexibility index (Phi) is 5.06. The molecule has 0 aromatic heterocycles. The Bertz CT molecular complexity index is 1200. The van der Waals surface area contributed by atoms with Crippen LogP contribution in [-0.4, -0.2) is 0 Å². The van der Waals surface area contributed by atoms with Crippen LogP contribution in [0.3, 0.4) is 0 Å². The summed E-state index contributed by atoms with van der Waals surface area (Å²) >= 11 is 0. The molecule has 0 radical (unpaired) electrons. The summed E-state index contributed by atoms with van der Waals surface area (Å²) in [5.41, 5.74) is 7.30. The molecule has 0 spiro atoms. The lowest BCUT2D eigenvalue weighted by atomic mass is 9.99. The maximum atomic E-state index is 5.66. The summed E-state index contributed by atoms with van der Waals surface area (Å²) in [5.74, 6) is 9.30. The molecule has 4 aromatic carbocycles. The van der Waals surface area contributed by atoms with E-state index in [9.17, 15) is 0 Å². The molecule has 130 valence electrons. The van der Waals surface area contributed by atoms with E-state index in [-0.39, 0.29) is 0 Å². The van der Waals surface area contributed by atoms with Gasteiger partial charge in [0.2, 0.25) is 0 Å². The maximum absolute atomic E-state index is 5.66. The van der Waals surface area contributed by atoms with Crippen LogP contribution in [0.4, 0.5) is 0 Å². The molecular weight excluding hydrogens is 336 g/mol. The minimum absolute atomic E-state index is 0.837. The zero-order chi connectivity index (χ0) is 19.2. The number of hydrogen-bond donors (Lipinski definition) is 0. The van der Waals surface area contributed by atoms with E-state index in [4.69, 9.17) is 6.42 Å². The third-order valence-electron chi connectivity index (χ3n) is 4.53. The van der Waals surface area contributed by atoms with Gasteiger partial charge in [-0.2, -0.15) is 0 Å². The number of rotatable bonds is 2. The molecule has 0 atom stereocenters. The van der Waals surface area contributed by atoms with Gasteiger partial charge in [-0.05, 0) is 52.6 Å². The van der Waals surface area contributed by atoms with Gasteiger partial charge in [0.25, 0.3) is 0 Å². The lowest BCUT2D eigenvalue weighted by molar-refractivity contribution is 1.56. The van der Waals surface area contributed by atoms with Crippen molar-refractivity contribution in [1.82, 2.24) is 0 Å². The van der Waals surface area contributed by atoms with Crippen molar-refractivity contribution < 1.29 is 0 Å². The minimum Gasteiger partial charge on any atom is -0.115 e. The molecular formula is C28H18. The highest BCUT2D eigenvalue weighted by molar-refractivity contribution is 5.69. The van der Waals surface area contributed by atoms with Crippen LogP contribution in [0.2, 0.25) is 0 Å². The fraction of sp³-hybridized carbons (Fsp3) is 0. The molecule has 4 aromatic rings. The average molecular weight is 354 g/mol. The summed E-state index contributed by atoms with van der Waals surface area (Å²) in [6.45, 7) is 0. The van der Waals surface area contributed by atoms with Gasteiger partial charge in [-0.25, -0.2) is 0 Å². The Morgan fingerprint density at radius 2 is 0.964 bits per heavy atom. The topological polar surface area (TPSA) is 0 Å². The van der Waals surface area contributed by atoms with Crippen molar-refractivity contribution in [2.75, 3.05) is 0 Å². The van der Waals surface area contributed by atoms with Crippen molar-refractivity contribution in [3.8, 4) is 46.4 Å². The van der Waals surface area contributed by atoms with Crippen LogP contribution in [0, 0.1) is 24.2 Å². The van der Waals surface area contributed by atoms with Gasteiger partial charge in [0.05, 0.1) is 0 Å². The molecule has 0 nitrogen and oxygen atoms in total. The normalized spacial score (nSPS) is 9.82. The van der Waals surface area contributed by atoms with Gasteiger partial charge < -0.3 is 0 Å². The molecule has 0 aliphatic heterocycles. The first kappa shape index (κ1) is 17.4. The largest absolute Gasteiger partial charge is 0.115 e. The van der Waals surface area contributed by atoms with Crippen LogP contribution in [0.15, 0.2) is 103 Å². The van der Waals surface area contributed by atoms with E-state index in [1.165, 1.54) is 5.56 Å². The lowest BCUT2D eigenvalue weighted by Crippen LogP contribution is -1.85. The van der Waals surface area contributed by atoms with Gasteiger partial charge in [-0.3, -0.25) is 0 Å². The van der Waals surface area contributed by atoms with Crippen molar-refractivity contribution >= 4 is 0 Å². The van der Waals surface area contributed by atoms with Crippen LogP contribution < -0.4 is 0 Å². The van der Waals surface area contributed by atoms with E-state index in [2.05, 4.69) is 60.2 Å². The Morgan fingerprint density at radius 3 is 1.64 bits per heavy atom. The second-order valence-corrected chi connectivity index (χ2v) is 6.51. The monoisotopic (exact) mass is 354 g/mol. The van der Waals surface area contributed by atoms with Gasteiger partial charge in [0, 0.05) is 16.7 Å². The fourth-order valence-electron chi connectivity index (χ4n) is 3.13. The Balaban J connectivity index is 1.69. The van der Waals surface area contributed by atoms with Gasteiger partial charge in [-0.1, -0.05) is 90.6 Å². The highest BCUT2D eigenvalue weighted by atomic mass is 14.0. The van der Waals surface area contributed by atoms with E-state index in [1.54, 1.807) is 0 Å². The summed E-state index contributed by atoms with van der Waals surface area (Å²) in [7, 11) is 0. The predicted octanol–water partition coefficient (Wildman–Crippen LogP) is 6.40. The van der Waals surface area contributed by atoms with Crippen LogP contribution in [-0.2, 0) is 0 Å².